The molecule has 0 aliphatic carbocycles. The van der Waals surface area contributed by atoms with Crippen LogP contribution in [0.5, 0.6) is 0 Å². The predicted octanol–water partition coefficient (Wildman–Crippen LogP) is 0.504. The van der Waals surface area contributed by atoms with Gasteiger partial charge in [0.25, 0.3) is 5.56 Å². The monoisotopic (exact) mass is 316 g/mol. The van der Waals surface area contributed by atoms with Crippen LogP contribution in [0.2, 0.25) is 0 Å². The first-order valence-corrected chi connectivity index (χ1v) is 7.30. The Morgan fingerprint density at radius 2 is 2.04 bits per heavy atom. The molecule has 1 atom stereocenters. The normalized spacial score (nSPS) is 15.9. The van der Waals surface area contributed by atoms with E-state index in [4.69, 9.17) is 5.73 Å². The van der Waals surface area contributed by atoms with Crippen molar-refractivity contribution in [1.82, 2.24) is 14.7 Å². The molecule has 6 nitrogen and oxygen atoms in total. The highest BCUT2D eigenvalue weighted by atomic mass is 19.1. The van der Waals surface area contributed by atoms with Crippen molar-refractivity contribution in [3.63, 3.8) is 0 Å². The molecule has 1 aliphatic rings. The molecule has 2 aromatic rings. The van der Waals surface area contributed by atoms with Gasteiger partial charge in [0.15, 0.2) is 0 Å². The summed E-state index contributed by atoms with van der Waals surface area (Å²) in [5, 5.41) is 4.25. The molecule has 0 spiro atoms. The Morgan fingerprint density at radius 3 is 2.70 bits per heavy atom. The number of benzene rings is 1. The van der Waals surface area contributed by atoms with Gasteiger partial charge in [-0.3, -0.25) is 14.5 Å². The third-order valence-corrected chi connectivity index (χ3v) is 4.09. The SMILES string of the molecule is Cn1nc2c(cc1=O)CN([C@H](C(N)=O)c1ccc(F)cc1)CC2. The van der Waals surface area contributed by atoms with Crippen LogP contribution in [-0.4, -0.2) is 27.1 Å². The van der Waals surface area contributed by atoms with E-state index in [9.17, 15) is 14.0 Å². The van der Waals surface area contributed by atoms with Gasteiger partial charge in [0.05, 0.1) is 5.69 Å². The molecule has 0 saturated carbocycles. The molecule has 3 rings (SSSR count). The number of fused-ring (bicyclic) bond motifs is 1. The number of nitrogens with two attached hydrogens (primary N) is 1. The summed E-state index contributed by atoms with van der Waals surface area (Å²) in [6, 6.07) is 6.61. The van der Waals surface area contributed by atoms with Gasteiger partial charge in [0.2, 0.25) is 5.91 Å². The lowest BCUT2D eigenvalue weighted by Crippen LogP contribution is -2.42. The first kappa shape index (κ1) is 15.4. The molecule has 0 bridgehead atoms. The largest absolute Gasteiger partial charge is 0.368 e. The topological polar surface area (TPSA) is 81.2 Å². The van der Waals surface area contributed by atoms with E-state index >= 15 is 0 Å². The van der Waals surface area contributed by atoms with Crippen molar-refractivity contribution in [3.8, 4) is 0 Å². The van der Waals surface area contributed by atoms with Crippen LogP contribution in [0, 0.1) is 5.82 Å². The maximum atomic E-state index is 13.1. The number of aromatic nitrogens is 2. The summed E-state index contributed by atoms with van der Waals surface area (Å²) in [4.78, 5) is 25.6. The average molecular weight is 316 g/mol. The number of primary amides is 1. The molecule has 0 unspecified atom stereocenters. The summed E-state index contributed by atoms with van der Waals surface area (Å²) in [6.45, 7) is 0.993. The highest BCUT2D eigenvalue weighted by Gasteiger charge is 2.29. The molecule has 2 N–H and O–H groups in total. The Balaban J connectivity index is 1.93. The van der Waals surface area contributed by atoms with Gasteiger partial charge in [-0.15, -0.1) is 0 Å². The number of hydrogen-bond donors (Lipinski definition) is 1. The van der Waals surface area contributed by atoms with E-state index in [0.29, 0.717) is 25.1 Å². The smallest absolute Gasteiger partial charge is 0.266 e. The zero-order valence-corrected chi connectivity index (χ0v) is 12.7. The van der Waals surface area contributed by atoms with Crippen molar-refractivity contribution in [3.05, 3.63) is 63.3 Å². The minimum Gasteiger partial charge on any atom is -0.368 e. The van der Waals surface area contributed by atoms with E-state index in [2.05, 4.69) is 5.10 Å². The van der Waals surface area contributed by atoms with E-state index in [1.807, 2.05) is 4.90 Å². The van der Waals surface area contributed by atoms with Gasteiger partial charge >= 0.3 is 0 Å². The van der Waals surface area contributed by atoms with Crippen LogP contribution in [0.25, 0.3) is 0 Å². The average Bonchev–Trinajstić information content (AvgIpc) is 2.50. The number of hydrogen-bond acceptors (Lipinski definition) is 4. The lowest BCUT2D eigenvalue weighted by atomic mass is 9.99. The van der Waals surface area contributed by atoms with Gasteiger partial charge in [-0.2, -0.15) is 5.10 Å². The maximum Gasteiger partial charge on any atom is 0.266 e. The lowest BCUT2D eigenvalue weighted by molar-refractivity contribution is -0.123. The summed E-state index contributed by atoms with van der Waals surface area (Å²) in [5.41, 5.74) is 7.65. The fourth-order valence-corrected chi connectivity index (χ4v) is 2.94. The van der Waals surface area contributed by atoms with Crippen molar-refractivity contribution < 1.29 is 9.18 Å². The van der Waals surface area contributed by atoms with E-state index < -0.39 is 11.9 Å². The van der Waals surface area contributed by atoms with Crippen LogP contribution in [0.3, 0.4) is 0 Å². The molecule has 1 aliphatic heterocycles. The molecule has 120 valence electrons. The highest BCUT2D eigenvalue weighted by Crippen LogP contribution is 2.26. The van der Waals surface area contributed by atoms with Crippen LogP contribution in [0.1, 0.15) is 22.9 Å². The standard InChI is InChI=1S/C16H17FN4O2/c1-20-14(22)8-11-9-21(7-6-13(11)19-20)15(16(18)23)10-2-4-12(17)5-3-10/h2-5,8,15H,6-7,9H2,1H3,(H2,18,23)/t15-/m0/s1. The molecule has 1 aromatic heterocycles. The van der Waals surface area contributed by atoms with Gasteiger partial charge in [-0.05, 0) is 23.3 Å². The summed E-state index contributed by atoms with van der Waals surface area (Å²) >= 11 is 0. The highest BCUT2D eigenvalue weighted by molar-refractivity contribution is 5.81. The first-order chi connectivity index (χ1) is 11.0. The first-order valence-electron chi connectivity index (χ1n) is 7.30. The second-order valence-corrected chi connectivity index (χ2v) is 5.66. The van der Waals surface area contributed by atoms with E-state index in [1.54, 1.807) is 19.2 Å². The molecule has 0 saturated heterocycles. The van der Waals surface area contributed by atoms with Crippen molar-refractivity contribution in [1.29, 1.82) is 0 Å². The third-order valence-electron chi connectivity index (χ3n) is 4.09. The van der Waals surface area contributed by atoms with Crippen LogP contribution >= 0.6 is 0 Å². The zero-order valence-electron chi connectivity index (χ0n) is 12.7. The molecule has 7 heteroatoms. The molecular weight excluding hydrogens is 299 g/mol. The number of aryl methyl sites for hydroxylation is 1. The molecule has 0 radical (unpaired) electrons. The Kier molecular flexibility index (Phi) is 3.96. The summed E-state index contributed by atoms with van der Waals surface area (Å²) in [7, 11) is 1.61. The Labute approximate surface area is 132 Å². The molecular formula is C16H17FN4O2. The number of amides is 1. The minimum absolute atomic E-state index is 0.192. The van der Waals surface area contributed by atoms with Crippen LogP contribution in [-0.2, 0) is 24.8 Å². The molecule has 0 fully saturated rings. The summed E-state index contributed by atoms with van der Waals surface area (Å²) < 4.78 is 14.4. The van der Waals surface area contributed by atoms with Gasteiger partial charge < -0.3 is 5.73 Å². The van der Waals surface area contributed by atoms with Crippen LogP contribution in [0.4, 0.5) is 4.39 Å². The maximum absolute atomic E-state index is 13.1. The van der Waals surface area contributed by atoms with Crippen molar-refractivity contribution in [2.45, 2.75) is 19.0 Å². The number of carbonyl (C=O) groups is 1. The van der Waals surface area contributed by atoms with Gasteiger partial charge in [-0.25, -0.2) is 9.07 Å². The number of halogens is 1. The number of nitrogens with zero attached hydrogens (tertiary/aromatic N) is 3. The fourth-order valence-electron chi connectivity index (χ4n) is 2.94. The molecule has 1 aromatic carbocycles. The van der Waals surface area contributed by atoms with E-state index in [0.717, 1.165) is 11.3 Å². The third kappa shape index (κ3) is 3.00. The molecule has 2 heterocycles. The van der Waals surface area contributed by atoms with Crippen molar-refractivity contribution >= 4 is 5.91 Å². The summed E-state index contributed by atoms with van der Waals surface area (Å²) in [6.07, 6.45) is 0.619. The lowest BCUT2D eigenvalue weighted by Gasteiger charge is -2.33. The second kappa shape index (κ2) is 5.92. The quantitative estimate of drug-likeness (QED) is 0.894. The Morgan fingerprint density at radius 1 is 1.35 bits per heavy atom. The van der Waals surface area contributed by atoms with Gasteiger partial charge in [0, 0.05) is 32.6 Å². The van der Waals surface area contributed by atoms with E-state index in [-0.39, 0.29) is 11.4 Å². The Hall–Kier alpha value is -2.54. The second-order valence-electron chi connectivity index (χ2n) is 5.66. The predicted molar refractivity (Wildman–Crippen MR) is 81.9 cm³/mol. The van der Waals surface area contributed by atoms with Crippen molar-refractivity contribution in [2.24, 2.45) is 12.8 Å². The zero-order chi connectivity index (χ0) is 16.6. The van der Waals surface area contributed by atoms with Gasteiger partial charge in [-0.1, -0.05) is 12.1 Å². The van der Waals surface area contributed by atoms with Crippen LogP contribution in [0.15, 0.2) is 35.1 Å². The fraction of sp³-hybridized carbons (Fsp3) is 0.312. The number of rotatable bonds is 3. The van der Waals surface area contributed by atoms with Crippen LogP contribution < -0.4 is 11.3 Å². The summed E-state index contributed by atoms with van der Waals surface area (Å²) in [5.74, 6) is -0.870. The van der Waals surface area contributed by atoms with Gasteiger partial charge in [0.1, 0.15) is 11.9 Å². The Bertz CT molecular complexity index is 801. The number of carbonyl (C=O) groups excluding carboxylic acids is 1. The van der Waals surface area contributed by atoms with Crippen molar-refractivity contribution in [2.75, 3.05) is 6.54 Å². The van der Waals surface area contributed by atoms with E-state index in [1.165, 1.54) is 22.9 Å². The minimum atomic E-state index is -0.659. The molecule has 23 heavy (non-hydrogen) atoms. The molecule has 1 amide bonds.